The van der Waals surface area contributed by atoms with E-state index in [0.717, 1.165) is 89.4 Å². The summed E-state index contributed by atoms with van der Waals surface area (Å²) in [6, 6.07) is 70.6. The molecule has 0 atom stereocenters. The number of aromatic nitrogens is 4. The van der Waals surface area contributed by atoms with Crippen LogP contribution in [0.2, 0.25) is 0 Å². The summed E-state index contributed by atoms with van der Waals surface area (Å²) in [6.45, 7) is 0. The SMILES string of the molecule is C1=Cc2nc1c(-c1ccccc1)c1ccc([n-]1)c(-c1ccccc1)c1nc(c(-c3ccc(/C(=C/[Se]c4ccccc4)[Se]c4ccccc4)cc3)c3ccc([n-]3)c2-c2ccccc2)C=C1.[Zn+2]. The minimum atomic E-state index is 0. The van der Waals surface area contributed by atoms with Gasteiger partial charge in [-0.25, -0.2) is 0 Å². The van der Waals surface area contributed by atoms with Crippen LogP contribution in [0.4, 0.5) is 0 Å². The Morgan fingerprint density at radius 2 is 0.677 bits per heavy atom. The molecule has 11 rings (SSSR count). The first-order valence-corrected chi connectivity index (χ1v) is 24.8. The van der Waals surface area contributed by atoms with Crippen LogP contribution in [0.15, 0.2) is 205 Å². The van der Waals surface area contributed by atoms with E-state index in [0.29, 0.717) is 0 Å². The average molecular weight is 1010 g/mol. The van der Waals surface area contributed by atoms with Crippen LogP contribution in [-0.4, -0.2) is 39.9 Å². The Hall–Kier alpha value is -6.68. The van der Waals surface area contributed by atoms with Crippen LogP contribution < -0.4 is 18.9 Å². The molecule has 0 saturated heterocycles. The maximum atomic E-state index is 5.48. The summed E-state index contributed by atoms with van der Waals surface area (Å²) in [7, 11) is 0. The van der Waals surface area contributed by atoms with Crippen LogP contribution in [0.5, 0.6) is 0 Å². The maximum absolute atomic E-state index is 5.48. The fourth-order valence-electron chi connectivity index (χ4n) is 8.27. The standard InChI is InChI=1S/C58H38N4Se2.Zn/c1-6-16-40(17-7-1)55-46-30-32-48(59-46)56(41-18-8-2-9-19-41)50-34-36-52(61-50)58(53-37-35-51(62-53)57(42-20-10-3-11-21-42)49-33-31-47(55)60-49)43-28-26-39(27-29-43)54(64-45-24-14-5-15-25-45)38-63-44-22-12-4-13-23-44;/h1-38H;/q-2;+2/b54-38-,55-46?,55-47?,56-48?,56-50?,57-49?,57-51?,58-52?,58-53?;. The summed E-state index contributed by atoms with van der Waals surface area (Å²) in [5, 5.41) is 0. The Morgan fingerprint density at radius 1 is 0.354 bits per heavy atom. The smallest absolute Gasteiger partial charge is 2.00 e. The summed E-state index contributed by atoms with van der Waals surface area (Å²) < 4.78 is 4.09. The van der Waals surface area contributed by atoms with Crippen molar-refractivity contribution in [2.24, 2.45) is 0 Å². The molecule has 0 amide bonds. The third-order valence-electron chi connectivity index (χ3n) is 11.3. The zero-order valence-electron chi connectivity index (χ0n) is 35.3. The molecule has 2 aliphatic rings. The Kier molecular flexibility index (Phi) is 12.5. The molecule has 0 fully saturated rings. The van der Waals surface area contributed by atoms with E-state index in [2.05, 4.69) is 211 Å². The van der Waals surface area contributed by atoms with Crippen molar-refractivity contribution in [1.82, 2.24) is 19.9 Å². The Balaban J connectivity index is 0.00000498. The van der Waals surface area contributed by atoms with Crippen molar-refractivity contribution in [2.75, 3.05) is 0 Å². The molecule has 0 saturated carbocycles. The van der Waals surface area contributed by atoms with E-state index >= 15 is 0 Å². The predicted molar refractivity (Wildman–Crippen MR) is 270 cm³/mol. The molecule has 4 nitrogen and oxygen atoms in total. The average Bonchev–Trinajstić information content (AvgIpc) is 4.21. The van der Waals surface area contributed by atoms with Gasteiger partial charge in [0, 0.05) is 0 Å². The van der Waals surface area contributed by atoms with Crippen molar-refractivity contribution in [3.8, 4) is 44.5 Å². The number of hydrogen-bond acceptors (Lipinski definition) is 2. The van der Waals surface area contributed by atoms with Crippen molar-refractivity contribution in [3.63, 3.8) is 0 Å². The van der Waals surface area contributed by atoms with E-state index in [-0.39, 0.29) is 49.4 Å². The molecule has 9 aromatic rings. The van der Waals surface area contributed by atoms with E-state index in [4.69, 9.17) is 19.9 Å². The molecule has 6 aromatic carbocycles. The Bertz CT molecular complexity index is 3360. The van der Waals surface area contributed by atoms with Gasteiger partial charge >= 0.3 is 306 Å². The summed E-state index contributed by atoms with van der Waals surface area (Å²) >= 11 is 0.333. The summed E-state index contributed by atoms with van der Waals surface area (Å²) in [6.07, 6.45) is 8.50. The number of hydrogen-bond donors (Lipinski definition) is 0. The third kappa shape index (κ3) is 8.91. The molecule has 0 spiro atoms. The molecule has 3 aromatic heterocycles. The number of rotatable bonds is 9. The van der Waals surface area contributed by atoms with Gasteiger partial charge in [0.15, 0.2) is 0 Å². The van der Waals surface area contributed by atoms with E-state index in [9.17, 15) is 0 Å². The molecule has 0 unspecified atom stereocenters. The second-order valence-corrected chi connectivity index (χ2v) is 19.7. The zero-order chi connectivity index (χ0) is 42.7. The van der Waals surface area contributed by atoms with Crippen molar-refractivity contribution in [2.45, 2.75) is 0 Å². The molecule has 65 heavy (non-hydrogen) atoms. The van der Waals surface area contributed by atoms with Crippen LogP contribution >= 0.6 is 0 Å². The van der Waals surface area contributed by atoms with E-state index < -0.39 is 0 Å². The van der Waals surface area contributed by atoms with E-state index in [1.807, 2.05) is 18.2 Å². The monoisotopic (exact) mass is 1010 g/mol. The molecule has 8 bridgehead atoms. The van der Waals surface area contributed by atoms with Gasteiger partial charge in [-0.2, -0.15) is 0 Å². The maximum Gasteiger partial charge on any atom is 2.00 e. The van der Waals surface area contributed by atoms with E-state index in [1.54, 1.807) is 0 Å². The van der Waals surface area contributed by atoms with Gasteiger partial charge in [-0.05, 0) is 17.2 Å². The van der Waals surface area contributed by atoms with Crippen LogP contribution in [-0.2, 0) is 19.5 Å². The third-order valence-corrected chi connectivity index (χ3v) is 16.2. The van der Waals surface area contributed by atoms with Gasteiger partial charge in [0.05, 0.1) is 5.69 Å². The summed E-state index contributed by atoms with van der Waals surface area (Å²) in [5.41, 5.74) is 16.1. The fourth-order valence-corrected chi connectivity index (χ4v) is 12.6. The normalized spacial score (nSPS) is 12.0. The molecule has 2 aliphatic heterocycles. The molecular formula is C58H38N4Se2Zn. The van der Waals surface area contributed by atoms with Gasteiger partial charge < -0.3 is 0 Å². The zero-order valence-corrected chi connectivity index (χ0v) is 41.6. The van der Waals surface area contributed by atoms with Crippen LogP contribution in [0.1, 0.15) is 28.3 Å². The molecule has 0 aliphatic carbocycles. The first-order valence-electron chi connectivity index (χ1n) is 21.2. The van der Waals surface area contributed by atoms with Crippen molar-refractivity contribution < 1.29 is 19.5 Å². The fraction of sp³-hybridized carbons (Fsp3) is 0. The first-order chi connectivity index (χ1) is 31.7. The van der Waals surface area contributed by atoms with Crippen LogP contribution in [0.3, 0.4) is 0 Å². The molecule has 5 heterocycles. The van der Waals surface area contributed by atoms with Crippen LogP contribution in [0, 0.1) is 0 Å². The van der Waals surface area contributed by atoms with Gasteiger partial charge in [0.2, 0.25) is 0 Å². The molecule has 0 N–H and O–H groups in total. The molecule has 304 valence electrons. The predicted octanol–water partition coefficient (Wildman–Crippen LogP) is 11.9. The number of benzene rings is 6. The Morgan fingerprint density at radius 3 is 1.05 bits per heavy atom. The van der Waals surface area contributed by atoms with Crippen LogP contribution in [0.25, 0.3) is 95.4 Å². The topological polar surface area (TPSA) is 54.0 Å². The van der Waals surface area contributed by atoms with E-state index in [1.165, 1.54) is 19.0 Å². The van der Waals surface area contributed by atoms with Gasteiger partial charge in [-0.1, -0.05) is 72.8 Å². The van der Waals surface area contributed by atoms with Gasteiger partial charge in [0.25, 0.3) is 0 Å². The van der Waals surface area contributed by atoms with Crippen molar-refractivity contribution in [1.29, 1.82) is 0 Å². The van der Waals surface area contributed by atoms with Gasteiger partial charge in [-0.15, -0.1) is 5.52 Å². The Labute approximate surface area is 404 Å². The minimum absolute atomic E-state index is 0. The number of nitrogens with zero attached hydrogens (tertiary/aromatic N) is 4. The molecule has 7 heteroatoms. The second kappa shape index (κ2) is 19.2. The van der Waals surface area contributed by atoms with Crippen molar-refractivity contribution >= 4 is 89.7 Å². The quantitative estimate of drug-likeness (QED) is 0.135. The van der Waals surface area contributed by atoms with Gasteiger partial charge in [-0.3, -0.25) is 0 Å². The minimum Gasteiger partial charge on any atom is 2.00 e. The van der Waals surface area contributed by atoms with Gasteiger partial charge in [0.1, 0.15) is 0 Å². The second-order valence-electron chi connectivity index (χ2n) is 15.4. The molecule has 0 radical (unpaired) electrons. The summed E-state index contributed by atoms with van der Waals surface area (Å²) in [4.78, 5) is 24.2. The largest absolute Gasteiger partial charge is 2.00 e. The van der Waals surface area contributed by atoms with Crippen molar-refractivity contribution in [3.05, 3.63) is 234 Å². The first kappa shape index (κ1) is 42.3. The summed E-state index contributed by atoms with van der Waals surface area (Å²) in [5.74, 6) is 0. The number of fused-ring (bicyclic) bond motifs is 8. The molecular weight excluding hydrogens is 976 g/mol.